The molecule has 1 heterocycles. The molecular weight excluding hydrogens is 188 g/mol. The van der Waals surface area contributed by atoms with E-state index in [0.29, 0.717) is 6.04 Å². The topological polar surface area (TPSA) is 41.1 Å². The molecule has 0 aromatic carbocycles. The standard InChI is InChI=1S/C12H22N2O/c1-4-6-9(3)14-12(15)10-7-8-13-11(10)5-2/h4,9-11,13H,1,5-8H2,2-3H3,(H,14,15). The largest absolute Gasteiger partial charge is 0.353 e. The normalized spacial score (nSPS) is 27.3. The maximum absolute atomic E-state index is 11.9. The maximum atomic E-state index is 11.9. The number of carbonyl (C=O) groups excluding carboxylic acids is 1. The van der Waals surface area contributed by atoms with Crippen LogP contribution in [0, 0.1) is 5.92 Å². The Morgan fingerprint density at radius 1 is 1.73 bits per heavy atom. The van der Waals surface area contributed by atoms with E-state index >= 15 is 0 Å². The van der Waals surface area contributed by atoms with Gasteiger partial charge in [-0.1, -0.05) is 13.0 Å². The predicted molar refractivity (Wildman–Crippen MR) is 62.6 cm³/mol. The fourth-order valence-corrected chi connectivity index (χ4v) is 2.17. The van der Waals surface area contributed by atoms with Crippen molar-refractivity contribution in [1.82, 2.24) is 10.6 Å². The number of hydrogen-bond donors (Lipinski definition) is 2. The van der Waals surface area contributed by atoms with Crippen LogP contribution in [0.2, 0.25) is 0 Å². The van der Waals surface area contributed by atoms with E-state index < -0.39 is 0 Å². The van der Waals surface area contributed by atoms with Crippen LogP contribution in [-0.2, 0) is 4.79 Å². The van der Waals surface area contributed by atoms with E-state index in [1.807, 2.05) is 13.0 Å². The lowest BCUT2D eigenvalue weighted by molar-refractivity contribution is -0.125. The molecule has 1 aliphatic rings. The number of amides is 1. The molecule has 0 saturated carbocycles. The third-order valence-electron chi connectivity index (χ3n) is 3.03. The minimum atomic E-state index is 0.155. The summed E-state index contributed by atoms with van der Waals surface area (Å²) in [7, 11) is 0. The van der Waals surface area contributed by atoms with Crippen LogP contribution in [-0.4, -0.2) is 24.5 Å². The summed E-state index contributed by atoms with van der Waals surface area (Å²) in [4.78, 5) is 11.9. The molecule has 2 N–H and O–H groups in total. The smallest absolute Gasteiger partial charge is 0.224 e. The molecule has 0 aliphatic carbocycles. The van der Waals surface area contributed by atoms with Gasteiger partial charge in [0.15, 0.2) is 0 Å². The van der Waals surface area contributed by atoms with Crippen molar-refractivity contribution in [3.8, 4) is 0 Å². The highest BCUT2D eigenvalue weighted by molar-refractivity contribution is 5.80. The molecule has 3 unspecified atom stereocenters. The third kappa shape index (κ3) is 3.34. The lowest BCUT2D eigenvalue weighted by Gasteiger charge is -2.20. The summed E-state index contributed by atoms with van der Waals surface area (Å²) < 4.78 is 0. The van der Waals surface area contributed by atoms with Crippen LogP contribution in [0.25, 0.3) is 0 Å². The van der Waals surface area contributed by atoms with Crippen molar-refractivity contribution in [2.24, 2.45) is 5.92 Å². The monoisotopic (exact) mass is 210 g/mol. The van der Waals surface area contributed by atoms with Gasteiger partial charge < -0.3 is 10.6 Å². The molecule has 3 heteroatoms. The van der Waals surface area contributed by atoms with E-state index in [1.165, 1.54) is 0 Å². The Hall–Kier alpha value is -0.830. The van der Waals surface area contributed by atoms with Gasteiger partial charge >= 0.3 is 0 Å². The second-order valence-corrected chi connectivity index (χ2v) is 4.30. The summed E-state index contributed by atoms with van der Waals surface area (Å²) in [6, 6.07) is 0.564. The highest BCUT2D eigenvalue weighted by Crippen LogP contribution is 2.18. The zero-order chi connectivity index (χ0) is 11.3. The van der Waals surface area contributed by atoms with Gasteiger partial charge in [0, 0.05) is 12.1 Å². The number of rotatable bonds is 5. The van der Waals surface area contributed by atoms with Crippen LogP contribution in [0.3, 0.4) is 0 Å². The van der Waals surface area contributed by atoms with Gasteiger partial charge in [-0.3, -0.25) is 4.79 Å². The van der Waals surface area contributed by atoms with Crippen LogP contribution in [0.1, 0.15) is 33.1 Å². The van der Waals surface area contributed by atoms with Gasteiger partial charge in [0.25, 0.3) is 0 Å². The van der Waals surface area contributed by atoms with Gasteiger partial charge in [-0.05, 0) is 32.7 Å². The molecule has 3 nitrogen and oxygen atoms in total. The van der Waals surface area contributed by atoms with E-state index in [9.17, 15) is 4.79 Å². The molecule has 1 rings (SSSR count). The minimum absolute atomic E-state index is 0.155. The molecule has 1 fully saturated rings. The molecule has 0 aromatic rings. The quantitative estimate of drug-likeness (QED) is 0.674. The number of hydrogen-bond acceptors (Lipinski definition) is 2. The van der Waals surface area contributed by atoms with Crippen molar-refractivity contribution in [3.05, 3.63) is 12.7 Å². The van der Waals surface area contributed by atoms with Gasteiger partial charge in [0.2, 0.25) is 5.91 Å². The van der Waals surface area contributed by atoms with Crippen LogP contribution < -0.4 is 10.6 Å². The van der Waals surface area contributed by atoms with Crippen molar-refractivity contribution in [2.75, 3.05) is 6.54 Å². The molecule has 1 saturated heterocycles. The Bertz CT molecular complexity index is 228. The average molecular weight is 210 g/mol. The van der Waals surface area contributed by atoms with Gasteiger partial charge in [-0.25, -0.2) is 0 Å². The molecule has 1 aliphatic heterocycles. The van der Waals surface area contributed by atoms with E-state index in [2.05, 4.69) is 24.1 Å². The number of nitrogens with one attached hydrogen (secondary N) is 2. The fraction of sp³-hybridized carbons (Fsp3) is 0.750. The van der Waals surface area contributed by atoms with Gasteiger partial charge in [0.05, 0.1) is 5.92 Å². The molecule has 0 aromatic heterocycles. The Morgan fingerprint density at radius 2 is 2.47 bits per heavy atom. The molecule has 0 radical (unpaired) electrons. The summed E-state index contributed by atoms with van der Waals surface area (Å²) in [6.45, 7) is 8.78. The number of carbonyl (C=O) groups is 1. The first-order valence-corrected chi connectivity index (χ1v) is 5.83. The second kappa shape index (κ2) is 5.91. The van der Waals surface area contributed by atoms with E-state index in [1.54, 1.807) is 0 Å². The van der Waals surface area contributed by atoms with E-state index in [-0.39, 0.29) is 17.9 Å². The summed E-state index contributed by atoms with van der Waals surface area (Å²) in [5.74, 6) is 0.350. The van der Waals surface area contributed by atoms with Crippen LogP contribution in [0.5, 0.6) is 0 Å². The highest BCUT2D eigenvalue weighted by Gasteiger charge is 2.31. The summed E-state index contributed by atoms with van der Waals surface area (Å²) >= 11 is 0. The average Bonchev–Trinajstić information content (AvgIpc) is 2.65. The minimum Gasteiger partial charge on any atom is -0.353 e. The van der Waals surface area contributed by atoms with E-state index in [4.69, 9.17) is 0 Å². The van der Waals surface area contributed by atoms with Gasteiger partial charge in [-0.2, -0.15) is 0 Å². The van der Waals surface area contributed by atoms with Gasteiger partial charge in [0.1, 0.15) is 0 Å². The van der Waals surface area contributed by atoms with Crippen molar-refractivity contribution in [1.29, 1.82) is 0 Å². The zero-order valence-corrected chi connectivity index (χ0v) is 9.75. The Labute approximate surface area is 92.3 Å². The summed E-state index contributed by atoms with van der Waals surface area (Å²) in [5, 5.41) is 6.40. The van der Waals surface area contributed by atoms with Crippen LogP contribution >= 0.6 is 0 Å². The molecule has 86 valence electrons. The molecular formula is C12H22N2O. The van der Waals surface area contributed by atoms with Crippen molar-refractivity contribution in [3.63, 3.8) is 0 Å². The molecule has 1 amide bonds. The Morgan fingerprint density at radius 3 is 3.07 bits per heavy atom. The summed E-state index contributed by atoms with van der Waals surface area (Å²) in [5.41, 5.74) is 0. The Balaban J connectivity index is 2.42. The van der Waals surface area contributed by atoms with Crippen molar-refractivity contribution in [2.45, 2.75) is 45.2 Å². The highest BCUT2D eigenvalue weighted by atomic mass is 16.2. The molecule has 15 heavy (non-hydrogen) atoms. The lowest BCUT2D eigenvalue weighted by Crippen LogP contribution is -2.41. The Kier molecular flexibility index (Phi) is 4.82. The van der Waals surface area contributed by atoms with Crippen molar-refractivity contribution >= 4 is 5.91 Å². The lowest BCUT2D eigenvalue weighted by atomic mass is 9.97. The van der Waals surface area contributed by atoms with Crippen molar-refractivity contribution < 1.29 is 4.79 Å². The second-order valence-electron chi connectivity index (χ2n) is 4.30. The van der Waals surface area contributed by atoms with E-state index in [0.717, 1.165) is 25.8 Å². The SMILES string of the molecule is C=CCC(C)NC(=O)C1CCNC1CC. The van der Waals surface area contributed by atoms with Crippen LogP contribution in [0.15, 0.2) is 12.7 Å². The van der Waals surface area contributed by atoms with Gasteiger partial charge in [-0.15, -0.1) is 6.58 Å². The molecule has 3 atom stereocenters. The first-order chi connectivity index (χ1) is 7.19. The molecule has 0 spiro atoms. The first kappa shape index (κ1) is 12.2. The first-order valence-electron chi connectivity index (χ1n) is 5.83. The molecule has 0 bridgehead atoms. The summed E-state index contributed by atoms with van der Waals surface area (Å²) in [6.07, 6.45) is 4.66. The van der Waals surface area contributed by atoms with Crippen LogP contribution in [0.4, 0.5) is 0 Å². The zero-order valence-electron chi connectivity index (χ0n) is 9.75. The predicted octanol–water partition coefficient (Wildman–Crippen LogP) is 1.46. The third-order valence-corrected chi connectivity index (χ3v) is 3.03. The fourth-order valence-electron chi connectivity index (χ4n) is 2.17. The maximum Gasteiger partial charge on any atom is 0.224 e.